The number of hydrogen-bond acceptors (Lipinski definition) is 6. The zero-order valence-corrected chi connectivity index (χ0v) is 21.6. The molecule has 2 aliphatic heterocycles. The van der Waals surface area contributed by atoms with E-state index >= 15 is 0 Å². The molecule has 3 heterocycles. The highest BCUT2D eigenvalue weighted by molar-refractivity contribution is 6.08. The fourth-order valence-electron chi connectivity index (χ4n) is 5.07. The van der Waals surface area contributed by atoms with Gasteiger partial charge in [-0.2, -0.15) is 5.10 Å². The third-order valence-electron chi connectivity index (χ3n) is 7.10. The summed E-state index contributed by atoms with van der Waals surface area (Å²) in [5.41, 5.74) is 2.70. The Morgan fingerprint density at radius 3 is 2.59 bits per heavy atom. The number of para-hydroxylation sites is 2. The summed E-state index contributed by atoms with van der Waals surface area (Å²) in [5.74, 6) is 0.207. The van der Waals surface area contributed by atoms with Gasteiger partial charge in [0.25, 0.3) is 5.91 Å². The topological polar surface area (TPSA) is 65.9 Å². The second-order valence-corrected chi connectivity index (χ2v) is 9.71. The average molecular weight is 507 g/mol. The van der Waals surface area contributed by atoms with Crippen molar-refractivity contribution in [1.29, 1.82) is 0 Å². The van der Waals surface area contributed by atoms with E-state index in [1.54, 1.807) is 27.9 Å². The first-order valence-corrected chi connectivity index (χ1v) is 13.1. The van der Waals surface area contributed by atoms with Gasteiger partial charge in [0, 0.05) is 50.9 Å². The van der Waals surface area contributed by atoms with Crippen LogP contribution in [0.5, 0.6) is 5.75 Å². The number of benzene rings is 2. The van der Waals surface area contributed by atoms with E-state index in [0.717, 1.165) is 61.9 Å². The molecule has 1 amide bonds. The second kappa shape index (κ2) is 11.3. The number of aryl methyl sites for hydroxylation is 1. The largest absolute Gasteiger partial charge is 0.490 e. The lowest BCUT2D eigenvalue weighted by atomic mass is 10.1. The van der Waals surface area contributed by atoms with Gasteiger partial charge in [-0.3, -0.25) is 9.48 Å². The zero-order valence-electron chi connectivity index (χ0n) is 21.6. The molecule has 2 aromatic carbocycles. The van der Waals surface area contributed by atoms with Gasteiger partial charge in [0.1, 0.15) is 5.82 Å². The van der Waals surface area contributed by atoms with Gasteiger partial charge in [-0.05, 0) is 49.7 Å². The predicted octanol–water partition coefficient (Wildman–Crippen LogP) is 4.26. The first kappa shape index (κ1) is 25.2. The number of carbonyl (C=O) groups excluding carboxylic acids is 1. The number of piperazine rings is 1. The maximum Gasteiger partial charge on any atom is 0.258 e. The number of amides is 1. The lowest BCUT2D eigenvalue weighted by molar-refractivity contribution is 0.0985. The highest BCUT2D eigenvalue weighted by Crippen LogP contribution is 2.36. The number of nitrogens with zero attached hydrogens (tertiary/aromatic N) is 5. The molecule has 5 rings (SSSR count). The molecule has 0 atom stereocenters. The van der Waals surface area contributed by atoms with Crippen molar-refractivity contribution in [2.45, 2.75) is 26.3 Å². The smallest absolute Gasteiger partial charge is 0.258 e. The first-order valence-electron chi connectivity index (χ1n) is 13.1. The Morgan fingerprint density at radius 1 is 1.08 bits per heavy atom. The third kappa shape index (κ3) is 5.62. The molecule has 0 radical (unpaired) electrons. The molecule has 3 aromatic rings. The van der Waals surface area contributed by atoms with Crippen LogP contribution < -0.4 is 15.0 Å². The highest BCUT2D eigenvalue weighted by atomic mass is 19.1. The minimum Gasteiger partial charge on any atom is -0.490 e. The quantitative estimate of drug-likeness (QED) is 0.461. The number of rotatable bonds is 8. The minimum atomic E-state index is -0.526. The molecule has 0 bridgehead atoms. The predicted molar refractivity (Wildman–Crippen MR) is 143 cm³/mol. The summed E-state index contributed by atoms with van der Waals surface area (Å²) in [4.78, 5) is 20.1. The zero-order chi connectivity index (χ0) is 25.8. The van der Waals surface area contributed by atoms with Crippen LogP contribution in [0, 0.1) is 5.82 Å². The molecule has 1 N–H and O–H groups in total. The molecule has 0 aliphatic carbocycles. The number of ether oxygens (including phenoxy) is 1. The van der Waals surface area contributed by atoms with Crippen LogP contribution in [-0.4, -0.2) is 71.4 Å². The van der Waals surface area contributed by atoms with Crippen molar-refractivity contribution in [2.24, 2.45) is 7.05 Å². The first-order chi connectivity index (χ1) is 18.0. The van der Waals surface area contributed by atoms with Crippen molar-refractivity contribution >= 4 is 23.1 Å². The van der Waals surface area contributed by atoms with Crippen LogP contribution in [0.15, 0.2) is 48.7 Å². The second-order valence-electron chi connectivity index (χ2n) is 9.71. The van der Waals surface area contributed by atoms with E-state index in [0.29, 0.717) is 13.2 Å². The Morgan fingerprint density at radius 2 is 1.84 bits per heavy atom. The van der Waals surface area contributed by atoms with E-state index in [9.17, 15) is 9.18 Å². The van der Waals surface area contributed by atoms with Crippen molar-refractivity contribution in [3.8, 4) is 5.75 Å². The third-order valence-corrected chi connectivity index (χ3v) is 7.10. The normalized spacial score (nSPS) is 16.0. The molecule has 196 valence electrons. The van der Waals surface area contributed by atoms with Gasteiger partial charge in [0.2, 0.25) is 0 Å². The molecule has 0 saturated carbocycles. The molecule has 37 heavy (non-hydrogen) atoms. The molecule has 1 saturated heterocycles. The van der Waals surface area contributed by atoms with Gasteiger partial charge in [-0.1, -0.05) is 19.1 Å². The Hall–Kier alpha value is -3.43. The Balaban J connectivity index is 1.21. The summed E-state index contributed by atoms with van der Waals surface area (Å²) in [5, 5.41) is 7.69. The van der Waals surface area contributed by atoms with Crippen LogP contribution in [-0.2, 0) is 13.6 Å². The Kier molecular flexibility index (Phi) is 7.71. The lowest BCUT2D eigenvalue weighted by Crippen LogP contribution is -2.46. The number of halogens is 1. The molecule has 8 nitrogen and oxygen atoms in total. The number of carbonyl (C=O) groups is 1. The van der Waals surface area contributed by atoms with Crippen LogP contribution in [0.3, 0.4) is 0 Å². The SMILES string of the molecule is CCCN1CCN(CCCOc2ccc(C(=O)N3Cc4cnn(C)c4Nc4ccccc43)cc2F)CC1. The standard InChI is InChI=1S/C28H35FN6O2/c1-3-11-33-13-15-34(16-14-33)12-6-17-37-26-10-9-21(18-23(26)29)28(36)35-20-22-19-30-32(2)27(22)31-24-7-4-5-8-25(24)35/h4-5,7-10,18-19,31H,3,6,11-17,20H2,1-2H3. The summed E-state index contributed by atoms with van der Waals surface area (Å²) >= 11 is 0. The van der Waals surface area contributed by atoms with Crippen LogP contribution in [0.25, 0.3) is 0 Å². The van der Waals surface area contributed by atoms with Gasteiger partial charge in [-0.15, -0.1) is 0 Å². The summed E-state index contributed by atoms with van der Waals surface area (Å²) < 4.78 is 22.4. The van der Waals surface area contributed by atoms with Gasteiger partial charge in [0.15, 0.2) is 11.6 Å². The van der Waals surface area contributed by atoms with Gasteiger partial charge in [0.05, 0.1) is 30.7 Å². The van der Waals surface area contributed by atoms with Gasteiger partial charge >= 0.3 is 0 Å². The molecule has 1 fully saturated rings. The van der Waals surface area contributed by atoms with Crippen molar-refractivity contribution in [3.63, 3.8) is 0 Å². The van der Waals surface area contributed by atoms with Crippen LogP contribution in [0.1, 0.15) is 35.7 Å². The molecule has 1 aromatic heterocycles. The summed E-state index contributed by atoms with van der Waals surface area (Å²) in [6.07, 6.45) is 3.77. The van der Waals surface area contributed by atoms with Crippen LogP contribution in [0.4, 0.5) is 21.6 Å². The number of nitrogens with one attached hydrogen (secondary N) is 1. The van der Waals surface area contributed by atoms with Gasteiger partial charge in [-0.25, -0.2) is 4.39 Å². The maximum absolute atomic E-state index is 15.0. The number of hydrogen-bond donors (Lipinski definition) is 1. The highest BCUT2D eigenvalue weighted by Gasteiger charge is 2.27. The summed E-state index contributed by atoms with van der Waals surface area (Å²) in [6, 6.07) is 12.1. The van der Waals surface area contributed by atoms with E-state index in [4.69, 9.17) is 4.74 Å². The molecule has 0 unspecified atom stereocenters. The van der Waals surface area contributed by atoms with Crippen LogP contribution in [0.2, 0.25) is 0 Å². The Bertz CT molecular complexity index is 1240. The Labute approximate surface area is 217 Å². The van der Waals surface area contributed by atoms with Crippen molar-refractivity contribution in [2.75, 3.05) is 56.1 Å². The van der Waals surface area contributed by atoms with E-state index in [1.165, 1.54) is 19.0 Å². The van der Waals surface area contributed by atoms with E-state index in [1.807, 2.05) is 31.3 Å². The fraction of sp³-hybridized carbons (Fsp3) is 0.429. The number of anilines is 3. The van der Waals surface area contributed by atoms with Crippen molar-refractivity contribution < 1.29 is 13.9 Å². The number of aromatic nitrogens is 2. The van der Waals surface area contributed by atoms with Crippen LogP contribution >= 0.6 is 0 Å². The van der Waals surface area contributed by atoms with Gasteiger partial charge < -0.3 is 24.8 Å². The number of fused-ring (bicyclic) bond motifs is 2. The molecule has 9 heteroatoms. The average Bonchev–Trinajstić information content (AvgIpc) is 3.15. The fourth-order valence-corrected chi connectivity index (χ4v) is 5.07. The molecular formula is C28H35FN6O2. The van der Waals surface area contributed by atoms with E-state index in [2.05, 4.69) is 27.1 Å². The maximum atomic E-state index is 15.0. The van der Waals surface area contributed by atoms with E-state index < -0.39 is 5.82 Å². The lowest BCUT2D eigenvalue weighted by Gasteiger charge is -2.34. The summed E-state index contributed by atoms with van der Waals surface area (Å²) in [7, 11) is 1.85. The van der Waals surface area contributed by atoms with Crippen molar-refractivity contribution in [3.05, 3.63) is 65.6 Å². The monoisotopic (exact) mass is 506 g/mol. The van der Waals surface area contributed by atoms with Crippen molar-refractivity contribution in [1.82, 2.24) is 19.6 Å². The molecular weight excluding hydrogens is 471 g/mol. The molecule has 0 spiro atoms. The molecule has 2 aliphatic rings. The summed E-state index contributed by atoms with van der Waals surface area (Å²) in [6.45, 7) is 9.45. The minimum absolute atomic E-state index is 0.178. The van der Waals surface area contributed by atoms with E-state index in [-0.39, 0.29) is 17.2 Å².